The highest BCUT2D eigenvalue weighted by atomic mass is 79.9. The summed E-state index contributed by atoms with van der Waals surface area (Å²) in [7, 11) is 0. The number of benzene rings is 2. The third-order valence-electron chi connectivity index (χ3n) is 5.89. The Labute approximate surface area is 232 Å². The van der Waals surface area contributed by atoms with E-state index in [0.717, 1.165) is 30.2 Å². The summed E-state index contributed by atoms with van der Waals surface area (Å²) in [5, 5.41) is 5.40. The number of thioether (sulfide) groups is 1. The minimum Gasteiger partial charge on any atom is -0.356 e. The van der Waals surface area contributed by atoms with Crippen LogP contribution in [0.5, 0.6) is 0 Å². The molecule has 37 heavy (non-hydrogen) atoms. The summed E-state index contributed by atoms with van der Waals surface area (Å²) in [6, 6.07) is 19.2. The van der Waals surface area contributed by atoms with Gasteiger partial charge in [-0.2, -0.15) is 0 Å². The molecule has 0 aliphatic heterocycles. The molecule has 4 rings (SSSR count). The van der Waals surface area contributed by atoms with Gasteiger partial charge in [-0.3, -0.25) is 19.0 Å². The van der Waals surface area contributed by atoms with Crippen molar-refractivity contribution in [2.24, 2.45) is 0 Å². The Morgan fingerprint density at radius 1 is 1.00 bits per heavy atom. The minimum absolute atomic E-state index is 0.0120. The number of halogens is 1. The van der Waals surface area contributed by atoms with Crippen molar-refractivity contribution in [1.29, 1.82) is 0 Å². The Balaban J connectivity index is 1.28. The van der Waals surface area contributed by atoms with Crippen LogP contribution in [0.15, 0.2) is 80.5 Å². The predicted octanol–water partition coefficient (Wildman–Crippen LogP) is 6.11. The van der Waals surface area contributed by atoms with Crippen molar-refractivity contribution in [2.75, 3.05) is 12.3 Å². The van der Waals surface area contributed by atoms with Crippen LogP contribution in [-0.2, 0) is 17.8 Å². The molecule has 0 unspecified atom stereocenters. The number of amides is 1. The van der Waals surface area contributed by atoms with Gasteiger partial charge in [0.25, 0.3) is 5.56 Å². The van der Waals surface area contributed by atoms with Gasteiger partial charge in [-0.25, -0.2) is 4.98 Å². The quantitative estimate of drug-likeness (QED) is 0.0869. The molecular formula is C28H28BrN3O3S2. The number of hydrogen-bond acceptors (Lipinski definition) is 6. The molecule has 0 saturated carbocycles. The molecular weight excluding hydrogens is 570 g/mol. The summed E-state index contributed by atoms with van der Waals surface area (Å²) < 4.78 is 3.22. The zero-order chi connectivity index (χ0) is 26.0. The summed E-state index contributed by atoms with van der Waals surface area (Å²) in [5.41, 5.74) is 2.43. The summed E-state index contributed by atoms with van der Waals surface area (Å²) in [6.45, 7) is 1.13. The van der Waals surface area contributed by atoms with E-state index < -0.39 is 0 Å². The number of aromatic nitrogens is 2. The first-order chi connectivity index (χ1) is 18.0. The van der Waals surface area contributed by atoms with Gasteiger partial charge in [-0.15, -0.1) is 11.3 Å². The number of fused-ring (bicyclic) bond motifs is 1. The van der Waals surface area contributed by atoms with E-state index in [9.17, 15) is 14.4 Å². The van der Waals surface area contributed by atoms with Crippen molar-refractivity contribution in [3.8, 4) is 0 Å². The number of rotatable bonds is 13. The van der Waals surface area contributed by atoms with Crippen LogP contribution in [0.3, 0.4) is 0 Å². The van der Waals surface area contributed by atoms with Crippen molar-refractivity contribution < 1.29 is 9.59 Å². The topological polar surface area (TPSA) is 81.1 Å². The molecule has 2 aromatic carbocycles. The Morgan fingerprint density at radius 2 is 1.78 bits per heavy atom. The Hall–Kier alpha value is -2.75. The van der Waals surface area contributed by atoms with E-state index in [1.165, 1.54) is 28.7 Å². The maximum absolute atomic E-state index is 13.1. The molecule has 2 aromatic heterocycles. The second-order valence-corrected chi connectivity index (χ2v) is 11.4. The molecule has 4 aromatic rings. The normalized spacial score (nSPS) is 11.1. The highest BCUT2D eigenvalue weighted by Gasteiger charge is 2.15. The van der Waals surface area contributed by atoms with Gasteiger partial charge >= 0.3 is 0 Å². The van der Waals surface area contributed by atoms with Crippen molar-refractivity contribution >= 4 is 60.9 Å². The fraction of sp³-hybridized carbons (Fsp3) is 0.286. The second kappa shape index (κ2) is 13.7. The van der Waals surface area contributed by atoms with E-state index in [2.05, 4.69) is 38.4 Å². The molecule has 0 saturated heterocycles. The van der Waals surface area contributed by atoms with Gasteiger partial charge in [0.2, 0.25) is 5.91 Å². The monoisotopic (exact) mass is 597 g/mol. The second-order valence-electron chi connectivity index (χ2n) is 8.60. The number of carbonyl (C=O) groups is 2. The SMILES string of the molecule is O=C(CCCCCn1c(SCC(=O)c2ccc(Br)cc2)nc2ccsc2c1=O)NCCc1ccccc1. The van der Waals surface area contributed by atoms with Crippen LogP contribution >= 0.6 is 39.0 Å². The van der Waals surface area contributed by atoms with Crippen LogP contribution < -0.4 is 10.9 Å². The fourth-order valence-corrected chi connectivity index (χ4v) is 5.85. The number of nitrogens with zero attached hydrogens (tertiary/aromatic N) is 2. The first-order valence-electron chi connectivity index (χ1n) is 12.2. The van der Waals surface area contributed by atoms with Gasteiger partial charge in [0.05, 0.1) is 11.3 Å². The van der Waals surface area contributed by atoms with Gasteiger partial charge in [0, 0.05) is 29.5 Å². The lowest BCUT2D eigenvalue weighted by atomic mass is 10.1. The summed E-state index contributed by atoms with van der Waals surface area (Å²) in [4.78, 5) is 42.6. The van der Waals surface area contributed by atoms with Crippen molar-refractivity contribution in [3.05, 3.63) is 92.0 Å². The zero-order valence-corrected chi connectivity index (χ0v) is 23.5. The van der Waals surface area contributed by atoms with Gasteiger partial charge < -0.3 is 5.32 Å². The number of ketones is 1. The molecule has 0 bridgehead atoms. The lowest BCUT2D eigenvalue weighted by Crippen LogP contribution is -2.25. The highest BCUT2D eigenvalue weighted by Crippen LogP contribution is 2.23. The van der Waals surface area contributed by atoms with Crippen LogP contribution in [0.25, 0.3) is 10.2 Å². The highest BCUT2D eigenvalue weighted by molar-refractivity contribution is 9.10. The number of thiophene rings is 1. The molecule has 1 N–H and O–H groups in total. The third-order valence-corrected chi connectivity index (χ3v) is 8.29. The third kappa shape index (κ3) is 7.87. The van der Waals surface area contributed by atoms with Crippen molar-refractivity contribution in [2.45, 2.75) is 43.8 Å². The molecule has 0 spiro atoms. The molecule has 0 fully saturated rings. The van der Waals surface area contributed by atoms with E-state index >= 15 is 0 Å². The molecule has 0 aliphatic rings. The first-order valence-corrected chi connectivity index (χ1v) is 14.9. The Kier molecular flexibility index (Phi) is 10.1. The number of Topliss-reactive ketones (excluding diaryl/α,β-unsaturated/α-hetero) is 1. The largest absolute Gasteiger partial charge is 0.356 e. The van der Waals surface area contributed by atoms with Crippen molar-refractivity contribution in [1.82, 2.24) is 14.9 Å². The van der Waals surface area contributed by atoms with Crippen LogP contribution in [0.4, 0.5) is 0 Å². The molecule has 0 radical (unpaired) electrons. The molecule has 1 amide bonds. The predicted molar refractivity (Wildman–Crippen MR) is 155 cm³/mol. The van der Waals surface area contributed by atoms with E-state index in [0.29, 0.717) is 40.4 Å². The fourth-order valence-electron chi connectivity index (χ4n) is 3.89. The molecule has 192 valence electrons. The summed E-state index contributed by atoms with van der Waals surface area (Å²) in [6.07, 6.45) is 3.62. The average Bonchev–Trinajstić information content (AvgIpc) is 3.38. The zero-order valence-electron chi connectivity index (χ0n) is 20.3. The molecule has 6 nitrogen and oxygen atoms in total. The van der Waals surface area contributed by atoms with Gasteiger partial charge in [0.1, 0.15) is 4.70 Å². The van der Waals surface area contributed by atoms with E-state index in [1.807, 2.05) is 41.8 Å². The molecule has 0 aliphatic carbocycles. The molecule has 2 heterocycles. The van der Waals surface area contributed by atoms with Gasteiger partial charge in [-0.05, 0) is 48.4 Å². The molecule has 0 atom stereocenters. The van der Waals surface area contributed by atoms with E-state index in [4.69, 9.17) is 0 Å². The van der Waals surface area contributed by atoms with Crippen LogP contribution in [-0.4, -0.2) is 33.5 Å². The number of unbranched alkanes of at least 4 members (excludes halogenated alkanes) is 2. The van der Waals surface area contributed by atoms with Crippen LogP contribution in [0.1, 0.15) is 41.6 Å². The Bertz CT molecular complexity index is 1400. The lowest BCUT2D eigenvalue weighted by Gasteiger charge is -2.12. The first kappa shape index (κ1) is 27.3. The minimum atomic E-state index is -0.0720. The van der Waals surface area contributed by atoms with Crippen LogP contribution in [0, 0.1) is 0 Å². The smallest absolute Gasteiger partial charge is 0.272 e. The lowest BCUT2D eigenvalue weighted by molar-refractivity contribution is -0.121. The van der Waals surface area contributed by atoms with E-state index in [-0.39, 0.29) is 23.0 Å². The standard InChI is InChI=1S/C28H28BrN3O3S2/c29-22-12-10-21(11-13-22)24(33)19-37-28-31-23-15-18-36-26(23)27(35)32(28)17-6-2-5-9-25(34)30-16-14-20-7-3-1-4-8-20/h1,3-4,7-8,10-13,15,18H,2,5-6,9,14,16-17,19H2,(H,30,34). The van der Waals surface area contributed by atoms with Gasteiger partial charge in [-0.1, -0.05) is 76.6 Å². The number of nitrogens with one attached hydrogen (secondary N) is 1. The number of hydrogen-bond donors (Lipinski definition) is 1. The summed E-state index contributed by atoms with van der Waals surface area (Å²) in [5.74, 6) is 0.242. The van der Waals surface area contributed by atoms with Gasteiger partial charge in [0.15, 0.2) is 10.9 Å². The summed E-state index contributed by atoms with van der Waals surface area (Å²) >= 11 is 6.06. The maximum Gasteiger partial charge on any atom is 0.272 e. The van der Waals surface area contributed by atoms with Crippen LogP contribution in [0.2, 0.25) is 0 Å². The number of carbonyl (C=O) groups excluding carboxylic acids is 2. The molecule has 9 heteroatoms. The maximum atomic E-state index is 13.1. The average molecular weight is 599 g/mol. The van der Waals surface area contributed by atoms with E-state index in [1.54, 1.807) is 16.7 Å². The van der Waals surface area contributed by atoms with Crippen molar-refractivity contribution in [3.63, 3.8) is 0 Å². The Morgan fingerprint density at radius 3 is 2.57 bits per heavy atom.